The Morgan fingerprint density at radius 3 is 2.45 bits per heavy atom. The fourth-order valence-corrected chi connectivity index (χ4v) is 3.79. The number of nitrogens with one attached hydrogen (secondary N) is 1. The predicted octanol–water partition coefficient (Wildman–Crippen LogP) is 2.03. The number of aromatic nitrogens is 4. The van der Waals surface area contributed by atoms with Gasteiger partial charge in [0, 0.05) is 23.0 Å². The lowest BCUT2D eigenvalue weighted by molar-refractivity contribution is -0.184. The van der Waals surface area contributed by atoms with Crippen LogP contribution in [0.15, 0.2) is 59.4 Å². The number of amides is 1. The average Bonchev–Trinajstić information content (AvgIpc) is 3.23. The standard InChI is InChI=1S/C24H23N5O4/c1-15-3-9-19(10-4-15)25-20(30)12-28-16(2)11-21(31)29-23(28)26-22(27-29)17-5-7-18(8-6-17)24(32)13-33-14-24/h3-11,32H,12-14H2,1-2H3,(H,25,30). The van der Waals surface area contributed by atoms with Gasteiger partial charge >= 0.3 is 0 Å². The highest BCUT2D eigenvalue weighted by Gasteiger charge is 2.37. The Bertz CT molecular complexity index is 1400. The van der Waals surface area contributed by atoms with Gasteiger partial charge in [-0.3, -0.25) is 9.59 Å². The number of rotatable bonds is 5. The maximum Gasteiger partial charge on any atom is 0.275 e. The van der Waals surface area contributed by atoms with Crippen LogP contribution in [0.3, 0.4) is 0 Å². The molecule has 0 spiro atoms. The minimum atomic E-state index is -0.960. The summed E-state index contributed by atoms with van der Waals surface area (Å²) < 4.78 is 7.96. The Kier molecular flexibility index (Phi) is 5.07. The molecule has 0 saturated carbocycles. The fraction of sp³-hybridized carbons (Fsp3) is 0.250. The predicted molar refractivity (Wildman–Crippen MR) is 122 cm³/mol. The molecule has 168 valence electrons. The van der Waals surface area contributed by atoms with Gasteiger partial charge in [-0.1, -0.05) is 42.0 Å². The van der Waals surface area contributed by atoms with Gasteiger partial charge in [0.1, 0.15) is 12.1 Å². The topological polar surface area (TPSA) is 111 Å². The Balaban J connectivity index is 1.45. The van der Waals surface area contributed by atoms with Gasteiger partial charge in [0.25, 0.3) is 5.56 Å². The second-order valence-electron chi connectivity index (χ2n) is 8.37. The van der Waals surface area contributed by atoms with Crippen LogP contribution in [0.5, 0.6) is 0 Å². The molecule has 1 fully saturated rings. The zero-order valence-corrected chi connectivity index (χ0v) is 18.3. The molecule has 2 aromatic carbocycles. The lowest BCUT2D eigenvalue weighted by Gasteiger charge is -2.36. The monoisotopic (exact) mass is 445 g/mol. The summed E-state index contributed by atoms with van der Waals surface area (Å²) in [5.74, 6) is 0.398. The zero-order valence-electron chi connectivity index (χ0n) is 18.3. The fourth-order valence-electron chi connectivity index (χ4n) is 3.79. The molecule has 5 rings (SSSR count). The van der Waals surface area contributed by atoms with E-state index >= 15 is 0 Å². The molecule has 1 saturated heterocycles. The molecular formula is C24H23N5O4. The molecule has 33 heavy (non-hydrogen) atoms. The van der Waals surface area contributed by atoms with Crippen molar-refractivity contribution in [3.8, 4) is 11.4 Å². The first-order valence-electron chi connectivity index (χ1n) is 10.6. The molecule has 4 aromatic rings. The molecule has 2 aromatic heterocycles. The molecule has 0 radical (unpaired) electrons. The van der Waals surface area contributed by atoms with Gasteiger partial charge in [0.05, 0.1) is 13.2 Å². The Morgan fingerprint density at radius 2 is 1.82 bits per heavy atom. The maximum absolute atomic E-state index is 12.7. The minimum Gasteiger partial charge on any atom is -0.380 e. The molecule has 0 bridgehead atoms. The van der Waals surface area contributed by atoms with E-state index in [1.165, 1.54) is 10.6 Å². The SMILES string of the molecule is Cc1ccc(NC(=O)Cn2c(C)cc(=O)n3nc(-c4ccc(C5(O)COC5)cc4)nc23)cc1. The molecule has 0 aliphatic carbocycles. The van der Waals surface area contributed by atoms with E-state index in [0.717, 1.165) is 11.1 Å². The lowest BCUT2D eigenvalue weighted by atomic mass is 9.91. The third-order valence-corrected chi connectivity index (χ3v) is 5.80. The largest absolute Gasteiger partial charge is 0.380 e. The summed E-state index contributed by atoms with van der Waals surface area (Å²) in [7, 11) is 0. The summed E-state index contributed by atoms with van der Waals surface area (Å²) in [6, 6.07) is 16.2. The van der Waals surface area contributed by atoms with Crippen molar-refractivity contribution in [3.63, 3.8) is 0 Å². The summed E-state index contributed by atoms with van der Waals surface area (Å²) in [6.45, 7) is 4.25. The van der Waals surface area contributed by atoms with E-state index in [-0.39, 0.29) is 37.0 Å². The maximum atomic E-state index is 12.7. The Morgan fingerprint density at radius 1 is 1.12 bits per heavy atom. The summed E-state index contributed by atoms with van der Waals surface area (Å²) >= 11 is 0. The molecule has 9 heteroatoms. The Hall–Kier alpha value is -3.82. The molecule has 9 nitrogen and oxygen atoms in total. The van der Waals surface area contributed by atoms with Crippen molar-refractivity contribution in [3.05, 3.63) is 81.8 Å². The molecular weight excluding hydrogens is 422 g/mol. The molecule has 1 amide bonds. The number of ether oxygens (including phenoxy) is 1. The van der Waals surface area contributed by atoms with Crippen LogP contribution < -0.4 is 10.9 Å². The van der Waals surface area contributed by atoms with Crippen LogP contribution >= 0.6 is 0 Å². The van der Waals surface area contributed by atoms with Crippen LogP contribution in [0.1, 0.15) is 16.8 Å². The summed E-state index contributed by atoms with van der Waals surface area (Å²) in [5, 5.41) is 17.7. The van der Waals surface area contributed by atoms with Gasteiger partial charge < -0.3 is 19.7 Å². The van der Waals surface area contributed by atoms with Gasteiger partial charge in [-0.2, -0.15) is 9.50 Å². The molecule has 0 unspecified atom stereocenters. The second-order valence-corrected chi connectivity index (χ2v) is 8.37. The van der Waals surface area contributed by atoms with Gasteiger partial charge in [-0.05, 0) is 31.5 Å². The zero-order chi connectivity index (χ0) is 23.2. The molecule has 1 aliphatic heterocycles. The van der Waals surface area contributed by atoms with Crippen molar-refractivity contribution in [2.45, 2.75) is 26.0 Å². The van der Waals surface area contributed by atoms with Crippen LogP contribution in [0.2, 0.25) is 0 Å². The first-order valence-corrected chi connectivity index (χ1v) is 10.6. The third kappa shape index (κ3) is 3.92. The smallest absolute Gasteiger partial charge is 0.275 e. The quantitative estimate of drug-likeness (QED) is 0.486. The number of benzene rings is 2. The first kappa shape index (κ1) is 21.0. The number of anilines is 1. The second kappa shape index (κ2) is 7.95. The van der Waals surface area contributed by atoms with E-state index in [2.05, 4.69) is 15.4 Å². The highest BCUT2D eigenvalue weighted by atomic mass is 16.5. The first-order chi connectivity index (χ1) is 15.8. The number of hydrogen-bond acceptors (Lipinski definition) is 6. The van der Waals surface area contributed by atoms with E-state index < -0.39 is 5.60 Å². The van der Waals surface area contributed by atoms with Crippen molar-refractivity contribution in [2.24, 2.45) is 0 Å². The average molecular weight is 445 g/mol. The number of hydrogen-bond donors (Lipinski definition) is 2. The van der Waals surface area contributed by atoms with Crippen molar-refractivity contribution in [1.82, 2.24) is 19.2 Å². The van der Waals surface area contributed by atoms with Gasteiger partial charge in [0.15, 0.2) is 5.82 Å². The number of carbonyl (C=O) groups excluding carboxylic acids is 1. The van der Waals surface area contributed by atoms with E-state index in [4.69, 9.17) is 4.74 Å². The summed E-state index contributed by atoms with van der Waals surface area (Å²) in [4.78, 5) is 29.8. The van der Waals surface area contributed by atoms with Crippen molar-refractivity contribution >= 4 is 17.4 Å². The van der Waals surface area contributed by atoms with E-state index in [1.54, 1.807) is 35.8 Å². The number of fused-ring (bicyclic) bond motifs is 1. The minimum absolute atomic E-state index is 0.0202. The van der Waals surface area contributed by atoms with Crippen molar-refractivity contribution in [2.75, 3.05) is 18.5 Å². The number of aryl methyl sites for hydroxylation is 2. The van der Waals surface area contributed by atoms with E-state index in [0.29, 0.717) is 22.8 Å². The Labute approximate surface area is 189 Å². The summed E-state index contributed by atoms with van der Waals surface area (Å²) in [5.41, 5.74) is 2.56. The van der Waals surface area contributed by atoms with E-state index in [9.17, 15) is 14.7 Å². The highest BCUT2D eigenvalue weighted by molar-refractivity contribution is 5.90. The normalized spacial score (nSPS) is 14.8. The van der Waals surface area contributed by atoms with E-state index in [1.807, 2.05) is 31.2 Å². The van der Waals surface area contributed by atoms with Gasteiger partial charge in [0.2, 0.25) is 11.7 Å². The highest BCUT2D eigenvalue weighted by Crippen LogP contribution is 2.30. The van der Waals surface area contributed by atoms with Crippen LogP contribution in [0.4, 0.5) is 5.69 Å². The molecule has 3 heterocycles. The third-order valence-electron chi connectivity index (χ3n) is 5.80. The summed E-state index contributed by atoms with van der Waals surface area (Å²) in [6.07, 6.45) is 0. The number of nitrogens with zero attached hydrogens (tertiary/aromatic N) is 4. The molecule has 1 aliphatic rings. The van der Waals surface area contributed by atoms with Crippen LogP contribution in [0.25, 0.3) is 17.2 Å². The van der Waals surface area contributed by atoms with Gasteiger partial charge in [-0.15, -0.1) is 5.10 Å². The lowest BCUT2D eigenvalue weighted by Crippen LogP contribution is -2.46. The van der Waals surface area contributed by atoms with Crippen LogP contribution in [-0.4, -0.2) is 43.4 Å². The number of carbonyl (C=O) groups is 1. The van der Waals surface area contributed by atoms with Crippen LogP contribution in [0, 0.1) is 13.8 Å². The molecule has 0 atom stereocenters. The van der Waals surface area contributed by atoms with Gasteiger partial charge in [-0.25, -0.2) is 0 Å². The number of aliphatic hydroxyl groups is 1. The van der Waals surface area contributed by atoms with Crippen LogP contribution in [-0.2, 0) is 21.7 Å². The van der Waals surface area contributed by atoms with Crippen molar-refractivity contribution < 1.29 is 14.6 Å². The van der Waals surface area contributed by atoms with Crippen molar-refractivity contribution in [1.29, 1.82) is 0 Å². The molecule has 2 N–H and O–H groups in total.